The predicted octanol–water partition coefficient (Wildman–Crippen LogP) is 1.33. The van der Waals surface area contributed by atoms with Crippen molar-refractivity contribution in [3.63, 3.8) is 0 Å². The number of hydrogen-bond acceptors (Lipinski definition) is 8. The molecule has 1 aliphatic rings. The van der Waals surface area contributed by atoms with E-state index in [2.05, 4.69) is 20.4 Å². The summed E-state index contributed by atoms with van der Waals surface area (Å²) in [6.07, 6.45) is 0. The molecule has 0 saturated carbocycles. The molecule has 0 amide bonds. The maximum Gasteiger partial charge on any atom is 0.246 e. The van der Waals surface area contributed by atoms with Crippen LogP contribution in [0, 0.1) is 5.82 Å². The predicted molar refractivity (Wildman–Crippen MR) is 113 cm³/mol. The normalized spacial score (nSPS) is 15.6. The van der Waals surface area contributed by atoms with Crippen molar-refractivity contribution in [3.05, 3.63) is 54.1 Å². The van der Waals surface area contributed by atoms with Gasteiger partial charge in [0.25, 0.3) is 0 Å². The third kappa shape index (κ3) is 4.42. The van der Waals surface area contributed by atoms with Gasteiger partial charge in [0.2, 0.25) is 10.0 Å². The molecule has 0 unspecified atom stereocenters. The first kappa shape index (κ1) is 22.1. The minimum atomic E-state index is -3.73. The Bertz CT molecular complexity index is 1190. The first-order chi connectivity index (χ1) is 15.4. The number of nitrogens with zero attached hydrogens (tertiary/aromatic N) is 6. The molecule has 1 fully saturated rings. The van der Waals surface area contributed by atoms with E-state index in [0.29, 0.717) is 50.0 Å². The number of benzene rings is 2. The van der Waals surface area contributed by atoms with Crippen LogP contribution in [0.1, 0.15) is 5.82 Å². The number of tetrazole rings is 1. The maximum atomic E-state index is 13.6. The van der Waals surface area contributed by atoms with Crippen LogP contribution in [0.15, 0.2) is 47.4 Å². The molecule has 10 nitrogen and oxygen atoms in total. The van der Waals surface area contributed by atoms with Gasteiger partial charge in [-0.05, 0) is 40.8 Å². The van der Waals surface area contributed by atoms with E-state index in [4.69, 9.17) is 9.47 Å². The molecule has 0 radical (unpaired) electrons. The molecule has 0 atom stereocenters. The summed E-state index contributed by atoms with van der Waals surface area (Å²) in [7, 11) is -0.800. The maximum absolute atomic E-state index is 13.6. The fraction of sp³-hybridized carbons (Fsp3) is 0.350. The van der Waals surface area contributed by atoms with Gasteiger partial charge in [0, 0.05) is 32.2 Å². The van der Waals surface area contributed by atoms with Crippen LogP contribution < -0.4 is 9.47 Å². The van der Waals surface area contributed by atoms with Crippen LogP contribution in [0.4, 0.5) is 4.39 Å². The monoisotopic (exact) mass is 462 g/mol. The summed E-state index contributed by atoms with van der Waals surface area (Å²) < 4.78 is 53.3. The molecule has 0 bridgehead atoms. The van der Waals surface area contributed by atoms with Crippen molar-refractivity contribution >= 4 is 10.0 Å². The molecule has 1 aliphatic heterocycles. The molecule has 32 heavy (non-hydrogen) atoms. The van der Waals surface area contributed by atoms with Crippen LogP contribution in [0.2, 0.25) is 0 Å². The van der Waals surface area contributed by atoms with Crippen LogP contribution in [0.5, 0.6) is 11.5 Å². The highest BCUT2D eigenvalue weighted by Crippen LogP contribution is 2.31. The molecule has 1 saturated heterocycles. The zero-order valence-electron chi connectivity index (χ0n) is 17.7. The van der Waals surface area contributed by atoms with Crippen LogP contribution in [0.25, 0.3) is 5.69 Å². The quantitative estimate of drug-likeness (QED) is 0.518. The van der Waals surface area contributed by atoms with Crippen molar-refractivity contribution in [2.24, 2.45) is 0 Å². The Hall–Kier alpha value is -3.09. The molecule has 1 aromatic heterocycles. The summed E-state index contributed by atoms with van der Waals surface area (Å²) in [5.74, 6) is 0.920. The molecule has 170 valence electrons. The number of piperazine rings is 1. The van der Waals surface area contributed by atoms with E-state index in [0.717, 1.165) is 0 Å². The largest absolute Gasteiger partial charge is 0.497 e. The Balaban J connectivity index is 1.45. The highest BCUT2D eigenvalue weighted by atomic mass is 32.2. The number of halogens is 1. The molecule has 0 spiro atoms. The van der Waals surface area contributed by atoms with Crippen molar-refractivity contribution < 1.29 is 22.3 Å². The molecule has 2 aromatic carbocycles. The van der Waals surface area contributed by atoms with E-state index >= 15 is 0 Å². The lowest BCUT2D eigenvalue weighted by atomic mass is 10.3. The molecule has 2 heterocycles. The standard InChI is InChI=1S/C20H23FN6O4S/c1-30-17-6-7-19(18(13-17)31-2)32(28,29)26-10-8-25(9-11-26)14-20-22-23-24-27(20)16-5-3-4-15(21)12-16/h3-7,12-13H,8-11,14H2,1-2H3. The average Bonchev–Trinajstić information content (AvgIpc) is 3.27. The highest BCUT2D eigenvalue weighted by molar-refractivity contribution is 7.89. The Morgan fingerprint density at radius 1 is 1.03 bits per heavy atom. The lowest BCUT2D eigenvalue weighted by Gasteiger charge is -2.33. The van der Waals surface area contributed by atoms with E-state index in [1.165, 1.54) is 41.4 Å². The number of methoxy groups -OCH3 is 2. The molecule has 0 N–H and O–H groups in total. The minimum Gasteiger partial charge on any atom is -0.497 e. The Morgan fingerprint density at radius 3 is 2.50 bits per heavy atom. The van der Waals surface area contributed by atoms with Gasteiger partial charge >= 0.3 is 0 Å². The lowest BCUT2D eigenvalue weighted by molar-refractivity contribution is 0.177. The Kier molecular flexibility index (Phi) is 6.35. The fourth-order valence-electron chi connectivity index (χ4n) is 3.57. The van der Waals surface area contributed by atoms with Crippen molar-refractivity contribution in [1.29, 1.82) is 0 Å². The third-order valence-electron chi connectivity index (χ3n) is 5.27. The summed E-state index contributed by atoms with van der Waals surface area (Å²) >= 11 is 0. The molecule has 12 heteroatoms. The molecule has 4 rings (SSSR count). The van der Waals surface area contributed by atoms with E-state index in [1.54, 1.807) is 24.3 Å². The van der Waals surface area contributed by atoms with Crippen LogP contribution in [-0.4, -0.2) is 78.2 Å². The van der Waals surface area contributed by atoms with Crippen molar-refractivity contribution in [2.45, 2.75) is 11.4 Å². The fourth-order valence-corrected chi connectivity index (χ4v) is 5.13. The SMILES string of the molecule is COc1ccc(S(=O)(=O)N2CCN(Cc3nnnn3-c3cccc(F)c3)CC2)c(OC)c1. The number of aromatic nitrogens is 4. The van der Waals surface area contributed by atoms with E-state index in [9.17, 15) is 12.8 Å². The van der Waals surface area contributed by atoms with Gasteiger partial charge in [-0.15, -0.1) is 5.10 Å². The van der Waals surface area contributed by atoms with Gasteiger partial charge in [0.05, 0.1) is 26.5 Å². The number of sulfonamides is 1. The molecule has 3 aromatic rings. The second-order valence-corrected chi connectivity index (χ2v) is 9.09. The molecule has 0 aliphatic carbocycles. The topological polar surface area (TPSA) is 103 Å². The smallest absolute Gasteiger partial charge is 0.246 e. The van der Waals surface area contributed by atoms with Crippen LogP contribution >= 0.6 is 0 Å². The highest BCUT2D eigenvalue weighted by Gasteiger charge is 2.31. The third-order valence-corrected chi connectivity index (χ3v) is 7.21. The first-order valence-corrected chi connectivity index (χ1v) is 11.3. The molecular weight excluding hydrogens is 439 g/mol. The second-order valence-electron chi connectivity index (χ2n) is 7.18. The zero-order valence-corrected chi connectivity index (χ0v) is 18.5. The van der Waals surface area contributed by atoms with Gasteiger partial charge in [0.15, 0.2) is 5.82 Å². The minimum absolute atomic E-state index is 0.101. The summed E-state index contributed by atoms with van der Waals surface area (Å²) in [5, 5.41) is 11.7. The summed E-state index contributed by atoms with van der Waals surface area (Å²) in [4.78, 5) is 2.16. The second kappa shape index (κ2) is 9.18. The Labute approximate surface area is 185 Å². The van der Waals surface area contributed by atoms with Gasteiger partial charge in [0.1, 0.15) is 22.2 Å². The summed E-state index contributed by atoms with van der Waals surface area (Å²) in [6.45, 7) is 2.00. The van der Waals surface area contributed by atoms with Crippen LogP contribution in [-0.2, 0) is 16.6 Å². The Morgan fingerprint density at radius 2 is 1.81 bits per heavy atom. The number of ether oxygens (including phenoxy) is 2. The van der Waals surface area contributed by atoms with Gasteiger partial charge in [-0.3, -0.25) is 4.90 Å². The van der Waals surface area contributed by atoms with E-state index < -0.39 is 10.0 Å². The number of hydrogen-bond donors (Lipinski definition) is 0. The summed E-state index contributed by atoms with van der Waals surface area (Å²) in [6, 6.07) is 10.7. The number of rotatable bonds is 7. The first-order valence-electron chi connectivity index (χ1n) is 9.90. The van der Waals surface area contributed by atoms with Crippen molar-refractivity contribution in [1.82, 2.24) is 29.4 Å². The van der Waals surface area contributed by atoms with E-state index in [-0.39, 0.29) is 16.5 Å². The van der Waals surface area contributed by atoms with Gasteiger partial charge in [-0.2, -0.15) is 8.99 Å². The van der Waals surface area contributed by atoms with Crippen LogP contribution in [0.3, 0.4) is 0 Å². The van der Waals surface area contributed by atoms with Gasteiger partial charge in [-0.25, -0.2) is 12.8 Å². The van der Waals surface area contributed by atoms with E-state index in [1.807, 2.05) is 0 Å². The van der Waals surface area contributed by atoms with Crippen molar-refractivity contribution in [3.8, 4) is 17.2 Å². The van der Waals surface area contributed by atoms with Crippen molar-refractivity contribution in [2.75, 3.05) is 40.4 Å². The average molecular weight is 463 g/mol. The van der Waals surface area contributed by atoms with Gasteiger partial charge < -0.3 is 9.47 Å². The lowest BCUT2D eigenvalue weighted by Crippen LogP contribution is -2.48. The molecular formula is C20H23FN6O4S. The summed E-state index contributed by atoms with van der Waals surface area (Å²) in [5.41, 5.74) is 0.526. The zero-order chi connectivity index (χ0) is 22.7. The van der Waals surface area contributed by atoms with Gasteiger partial charge in [-0.1, -0.05) is 6.07 Å².